The molecule has 2 aromatic heterocycles. The van der Waals surface area contributed by atoms with Gasteiger partial charge in [-0.3, -0.25) is 4.79 Å². The lowest BCUT2D eigenvalue weighted by molar-refractivity contribution is -0.174. The van der Waals surface area contributed by atoms with Gasteiger partial charge < -0.3 is 20.1 Å². The minimum atomic E-state index is -4.93. The van der Waals surface area contributed by atoms with Gasteiger partial charge in [-0.15, -0.1) is 11.3 Å². The molecule has 3 aromatic rings. The number of carbonyl (C=O) groups excluding carboxylic acids is 2. The summed E-state index contributed by atoms with van der Waals surface area (Å²) in [5, 5.41) is 5.73. The second-order valence-corrected chi connectivity index (χ2v) is 9.28. The average Bonchev–Trinajstić information content (AvgIpc) is 3.18. The number of nitrogens with one attached hydrogen (secondary N) is 2. The highest BCUT2D eigenvalue weighted by atomic mass is 32.1. The van der Waals surface area contributed by atoms with Crippen LogP contribution in [-0.4, -0.2) is 47.3 Å². The Labute approximate surface area is 207 Å². The summed E-state index contributed by atoms with van der Waals surface area (Å²) in [6, 6.07) is 3.33. The van der Waals surface area contributed by atoms with Crippen molar-refractivity contribution in [3.8, 4) is 5.75 Å². The number of nitrogens with zero attached hydrogens (tertiary/aromatic N) is 2. The number of amides is 1. The molecular formula is C23H22F4N4O4S. The van der Waals surface area contributed by atoms with Gasteiger partial charge in [-0.25, -0.2) is 19.2 Å². The van der Waals surface area contributed by atoms with Gasteiger partial charge in [0.05, 0.1) is 24.3 Å². The normalized spacial score (nSPS) is 18.1. The van der Waals surface area contributed by atoms with E-state index in [1.54, 1.807) is 6.92 Å². The summed E-state index contributed by atoms with van der Waals surface area (Å²) >= 11 is 1.16. The molecule has 1 aliphatic rings. The quantitative estimate of drug-likeness (QED) is 0.343. The van der Waals surface area contributed by atoms with E-state index < -0.39 is 29.9 Å². The lowest BCUT2D eigenvalue weighted by atomic mass is 9.93. The van der Waals surface area contributed by atoms with Gasteiger partial charge in [0.15, 0.2) is 0 Å². The molecule has 0 aliphatic heterocycles. The molecule has 0 saturated heterocycles. The van der Waals surface area contributed by atoms with Crippen molar-refractivity contribution in [2.75, 3.05) is 12.4 Å². The molecule has 2 heterocycles. The maximum Gasteiger partial charge on any atom is 0.471 e. The number of methoxy groups -OCH3 is 1. The average molecular weight is 527 g/mol. The van der Waals surface area contributed by atoms with Crippen LogP contribution in [0.25, 0.3) is 10.2 Å². The van der Waals surface area contributed by atoms with Crippen LogP contribution in [0.2, 0.25) is 0 Å². The van der Waals surface area contributed by atoms with Crippen molar-refractivity contribution in [1.29, 1.82) is 0 Å². The van der Waals surface area contributed by atoms with Crippen LogP contribution in [0.3, 0.4) is 0 Å². The minimum absolute atomic E-state index is 0.200. The highest BCUT2D eigenvalue weighted by molar-refractivity contribution is 7.20. The van der Waals surface area contributed by atoms with Gasteiger partial charge in [0, 0.05) is 12.1 Å². The summed E-state index contributed by atoms with van der Waals surface area (Å²) < 4.78 is 62.4. The van der Waals surface area contributed by atoms with E-state index in [1.165, 1.54) is 31.6 Å². The smallest absolute Gasteiger partial charge is 0.471 e. The maximum absolute atomic E-state index is 14.1. The van der Waals surface area contributed by atoms with Gasteiger partial charge in [-0.05, 0) is 50.3 Å². The Bertz CT molecular complexity index is 1290. The predicted molar refractivity (Wildman–Crippen MR) is 124 cm³/mol. The minimum Gasteiger partial charge on any atom is -0.488 e. The van der Waals surface area contributed by atoms with Crippen molar-refractivity contribution in [2.24, 2.45) is 0 Å². The summed E-state index contributed by atoms with van der Waals surface area (Å²) in [7, 11) is 1.29. The first-order chi connectivity index (χ1) is 17.1. The molecular weight excluding hydrogens is 504 g/mol. The second-order valence-electron chi connectivity index (χ2n) is 8.28. The fraction of sp³-hybridized carbons (Fsp3) is 0.391. The van der Waals surface area contributed by atoms with Crippen LogP contribution in [0.5, 0.6) is 5.75 Å². The summed E-state index contributed by atoms with van der Waals surface area (Å²) in [4.78, 5) is 32.7. The molecule has 0 unspecified atom stereocenters. The molecule has 13 heteroatoms. The molecule has 36 heavy (non-hydrogen) atoms. The van der Waals surface area contributed by atoms with Gasteiger partial charge in [0.1, 0.15) is 33.4 Å². The molecule has 1 saturated carbocycles. The first-order valence-corrected chi connectivity index (χ1v) is 11.8. The molecule has 1 fully saturated rings. The van der Waals surface area contributed by atoms with Crippen LogP contribution in [0.4, 0.5) is 29.1 Å². The van der Waals surface area contributed by atoms with Crippen LogP contribution < -0.4 is 15.4 Å². The number of thiophene rings is 1. The number of rotatable bonds is 6. The molecule has 0 spiro atoms. The van der Waals surface area contributed by atoms with Gasteiger partial charge >= 0.3 is 18.1 Å². The molecule has 2 N–H and O–H groups in total. The van der Waals surface area contributed by atoms with Crippen molar-refractivity contribution >= 4 is 44.9 Å². The van der Waals surface area contributed by atoms with Gasteiger partial charge in [-0.1, -0.05) is 0 Å². The Kier molecular flexibility index (Phi) is 7.29. The first-order valence-electron chi connectivity index (χ1n) is 11.0. The van der Waals surface area contributed by atoms with E-state index in [2.05, 4.69) is 15.3 Å². The number of alkyl halides is 3. The van der Waals surface area contributed by atoms with Crippen molar-refractivity contribution in [1.82, 2.24) is 15.3 Å². The van der Waals surface area contributed by atoms with Crippen LogP contribution in [0.15, 0.2) is 24.5 Å². The van der Waals surface area contributed by atoms with Crippen molar-refractivity contribution in [2.45, 2.75) is 50.9 Å². The van der Waals surface area contributed by atoms with Crippen LogP contribution in [0, 0.1) is 12.7 Å². The topological polar surface area (TPSA) is 102 Å². The Morgan fingerprint density at radius 3 is 2.53 bits per heavy atom. The summed E-state index contributed by atoms with van der Waals surface area (Å²) in [6.07, 6.45) is -2.64. The maximum atomic E-state index is 14.1. The largest absolute Gasteiger partial charge is 0.488 e. The predicted octanol–water partition coefficient (Wildman–Crippen LogP) is 5.04. The molecule has 8 nitrogen and oxygen atoms in total. The lowest BCUT2D eigenvalue weighted by Crippen LogP contribution is -2.45. The fourth-order valence-corrected chi connectivity index (χ4v) is 5.12. The zero-order valence-corrected chi connectivity index (χ0v) is 20.1. The second kappa shape index (κ2) is 10.2. The van der Waals surface area contributed by atoms with Gasteiger partial charge in [0.2, 0.25) is 0 Å². The Morgan fingerprint density at radius 1 is 1.14 bits per heavy atom. The molecule has 0 radical (unpaired) electrons. The molecule has 1 aliphatic carbocycles. The monoisotopic (exact) mass is 526 g/mol. The lowest BCUT2D eigenvalue weighted by Gasteiger charge is -2.30. The number of benzene rings is 1. The number of fused-ring (bicyclic) bond motifs is 1. The third-order valence-electron chi connectivity index (χ3n) is 5.85. The number of hydrogen-bond acceptors (Lipinski definition) is 8. The van der Waals surface area contributed by atoms with E-state index in [0.29, 0.717) is 57.8 Å². The highest BCUT2D eigenvalue weighted by Crippen LogP contribution is 2.37. The van der Waals surface area contributed by atoms with E-state index in [0.717, 1.165) is 11.3 Å². The number of ether oxygens (including phenoxy) is 2. The van der Waals surface area contributed by atoms with E-state index >= 15 is 0 Å². The summed E-state index contributed by atoms with van der Waals surface area (Å²) in [6.45, 7) is 1.75. The summed E-state index contributed by atoms with van der Waals surface area (Å²) in [5.41, 5.74) is 1.04. The number of carbonyl (C=O) groups is 2. The number of anilines is 2. The zero-order chi connectivity index (χ0) is 26.0. The number of esters is 1. The highest BCUT2D eigenvalue weighted by Gasteiger charge is 2.40. The number of halogens is 4. The zero-order valence-electron chi connectivity index (χ0n) is 19.2. The molecule has 192 valence electrons. The number of aryl methyl sites for hydroxylation is 1. The van der Waals surface area contributed by atoms with E-state index in [9.17, 15) is 27.2 Å². The van der Waals surface area contributed by atoms with Crippen molar-refractivity contribution < 1.29 is 36.6 Å². The molecule has 0 atom stereocenters. The van der Waals surface area contributed by atoms with Gasteiger partial charge in [0.25, 0.3) is 0 Å². The Morgan fingerprint density at radius 2 is 1.86 bits per heavy atom. The molecule has 1 aromatic carbocycles. The molecule has 1 amide bonds. The van der Waals surface area contributed by atoms with E-state index in [4.69, 9.17) is 9.47 Å². The molecule has 0 bridgehead atoms. The standard InChI is InChI=1S/C23H22F4N4O4S/c1-11-17-19(28-10-29-20(17)36-18(11)21(32)34-2)31-15-8-3-12(24)9-16(15)35-14-6-4-13(5-7-14)30-22(33)23(25,26)27/h3,8-10,13-14H,4-7H2,1-2H3,(H,30,33)(H,28,29,31)/t13-,14-. The fourth-order valence-electron chi connectivity index (χ4n) is 4.05. The van der Waals surface area contributed by atoms with Gasteiger partial charge in [-0.2, -0.15) is 13.2 Å². The van der Waals surface area contributed by atoms with Crippen molar-refractivity contribution in [3.63, 3.8) is 0 Å². The number of hydrogen-bond donors (Lipinski definition) is 2. The SMILES string of the molecule is COC(=O)c1sc2ncnc(Nc3ccc(F)cc3O[C@H]3CC[C@H](NC(=O)C(F)(F)F)CC3)c2c1C. The first kappa shape index (κ1) is 25.6. The molecule has 4 rings (SSSR count). The van der Waals surface area contributed by atoms with Crippen LogP contribution in [-0.2, 0) is 9.53 Å². The Hall–Kier alpha value is -3.48. The third kappa shape index (κ3) is 5.50. The third-order valence-corrected chi connectivity index (χ3v) is 7.03. The van der Waals surface area contributed by atoms with Crippen LogP contribution >= 0.6 is 11.3 Å². The van der Waals surface area contributed by atoms with E-state index in [-0.39, 0.29) is 11.9 Å². The van der Waals surface area contributed by atoms with Crippen LogP contribution in [0.1, 0.15) is 40.9 Å². The Balaban J connectivity index is 1.51. The number of aromatic nitrogens is 2. The summed E-state index contributed by atoms with van der Waals surface area (Å²) in [5.74, 6) is -2.40. The van der Waals surface area contributed by atoms with Crippen molar-refractivity contribution in [3.05, 3.63) is 40.8 Å². The van der Waals surface area contributed by atoms with E-state index in [1.807, 2.05) is 5.32 Å².